The Morgan fingerprint density at radius 1 is 1.44 bits per heavy atom. The fourth-order valence-corrected chi connectivity index (χ4v) is 4.98. The van der Waals surface area contributed by atoms with E-state index < -0.39 is 10.0 Å². The molecule has 7 heteroatoms. The summed E-state index contributed by atoms with van der Waals surface area (Å²) in [5.74, 6) is 0. The topological polar surface area (TPSA) is 58.2 Å². The van der Waals surface area contributed by atoms with Crippen LogP contribution < -0.4 is 10.0 Å². The zero-order chi connectivity index (χ0) is 13.2. The minimum atomic E-state index is -3.59. The Hall–Kier alpha value is -0.140. The molecule has 0 amide bonds. The van der Waals surface area contributed by atoms with Crippen LogP contribution >= 0.6 is 27.5 Å². The van der Waals surface area contributed by atoms with Gasteiger partial charge in [0, 0.05) is 17.1 Å². The quantitative estimate of drug-likeness (QED) is 0.875. The van der Waals surface area contributed by atoms with Crippen molar-refractivity contribution in [3.63, 3.8) is 0 Å². The summed E-state index contributed by atoms with van der Waals surface area (Å²) < 4.78 is 27.7. The molecular weight excluding hydrogens is 340 g/mol. The minimum Gasteiger partial charge on any atom is -0.315 e. The molecule has 1 fully saturated rings. The summed E-state index contributed by atoms with van der Waals surface area (Å²) in [5, 5.41) is 3.39. The molecule has 0 aromatic heterocycles. The fraction of sp³-hybridized carbons (Fsp3) is 0.455. The summed E-state index contributed by atoms with van der Waals surface area (Å²) in [7, 11) is -3.59. The molecule has 100 valence electrons. The van der Waals surface area contributed by atoms with Gasteiger partial charge in [0.2, 0.25) is 10.0 Å². The molecule has 1 aromatic carbocycles. The number of nitrogens with one attached hydrogen (secondary N) is 2. The van der Waals surface area contributed by atoms with Gasteiger partial charge < -0.3 is 5.32 Å². The highest BCUT2D eigenvalue weighted by Crippen LogP contribution is 2.29. The van der Waals surface area contributed by atoms with Crippen molar-refractivity contribution < 1.29 is 8.42 Å². The average Bonchev–Trinajstić information content (AvgIpc) is 2.28. The number of hydrogen-bond donors (Lipinski definition) is 2. The zero-order valence-corrected chi connectivity index (χ0v) is 12.8. The lowest BCUT2D eigenvalue weighted by Gasteiger charge is -2.24. The number of sulfonamides is 1. The molecule has 1 aromatic rings. The highest BCUT2D eigenvalue weighted by Gasteiger charge is 2.25. The van der Waals surface area contributed by atoms with Crippen molar-refractivity contribution in [2.24, 2.45) is 0 Å². The van der Waals surface area contributed by atoms with Crippen molar-refractivity contribution in [2.45, 2.75) is 23.8 Å². The van der Waals surface area contributed by atoms with Crippen LogP contribution in [-0.4, -0.2) is 27.5 Å². The molecule has 18 heavy (non-hydrogen) atoms. The van der Waals surface area contributed by atoms with E-state index in [4.69, 9.17) is 11.6 Å². The smallest absolute Gasteiger partial charge is 0.243 e. The van der Waals surface area contributed by atoms with Gasteiger partial charge in [0.1, 0.15) is 4.90 Å². The molecule has 1 saturated heterocycles. The van der Waals surface area contributed by atoms with E-state index in [2.05, 4.69) is 26.0 Å². The van der Waals surface area contributed by atoms with E-state index in [0.29, 0.717) is 11.0 Å². The van der Waals surface area contributed by atoms with Crippen LogP contribution in [0.5, 0.6) is 0 Å². The van der Waals surface area contributed by atoms with Crippen LogP contribution in [-0.2, 0) is 10.0 Å². The van der Waals surface area contributed by atoms with E-state index >= 15 is 0 Å². The second kappa shape index (κ2) is 5.88. The van der Waals surface area contributed by atoms with Crippen LogP contribution in [0.3, 0.4) is 0 Å². The number of hydrogen-bond acceptors (Lipinski definition) is 3. The Balaban J connectivity index is 2.25. The Bertz CT molecular complexity index is 510. The second-order valence-electron chi connectivity index (χ2n) is 4.22. The van der Waals surface area contributed by atoms with Gasteiger partial charge in [-0.1, -0.05) is 17.7 Å². The summed E-state index contributed by atoms with van der Waals surface area (Å²) in [5.41, 5.74) is 0. The van der Waals surface area contributed by atoms with Crippen molar-refractivity contribution in [3.8, 4) is 0 Å². The lowest BCUT2D eigenvalue weighted by Crippen LogP contribution is -2.45. The van der Waals surface area contributed by atoms with E-state index in [-0.39, 0.29) is 16.0 Å². The van der Waals surface area contributed by atoms with Gasteiger partial charge in [0.15, 0.2) is 0 Å². The van der Waals surface area contributed by atoms with Gasteiger partial charge in [-0.25, -0.2) is 13.1 Å². The number of piperidine rings is 1. The van der Waals surface area contributed by atoms with Crippen molar-refractivity contribution in [2.75, 3.05) is 13.1 Å². The first-order chi connectivity index (χ1) is 8.50. The number of benzene rings is 1. The maximum Gasteiger partial charge on any atom is 0.243 e. The molecule has 0 aliphatic carbocycles. The van der Waals surface area contributed by atoms with Crippen LogP contribution in [0.25, 0.3) is 0 Å². The molecule has 0 unspecified atom stereocenters. The van der Waals surface area contributed by atoms with Crippen LogP contribution in [0.1, 0.15) is 12.8 Å². The first-order valence-electron chi connectivity index (χ1n) is 5.68. The summed E-state index contributed by atoms with van der Waals surface area (Å²) >= 11 is 9.20. The third-order valence-corrected chi connectivity index (χ3v) is 5.78. The summed E-state index contributed by atoms with van der Waals surface area (Å²) in [6.45, 7) is 1.59. The predicted molar refractivity (Wildman–Crippen MR) is 75.4 cm³/mol. The van der Waals surface area contributed by atoms with E-state index in [1.807, 2.05) is 0 Å². The number of rotatable bonds is 3. The lowest BCUT2D eigenvalue weighted by atomic mass is 10.1. The minimum absolute atomic E-state index is 0.0769. The van der Waals surface area contributed by atoms with Gasteiger partial charge in [-0.2, -0.15) is 0 Å². The third kappa shape index (κ3) is 3.24. The summed E-state index contributed by atoms with van der Waals surface area (Å²) in [6, 6.07) is 4.86. The Kier molecular flexibility index (Phi) is 4.66. The number of halogens is 2. The Labute approximate surface area is 120 Å². The second-order valence-corrected chi connectivity index (χ2v) is 7.13. The lowest BCUT2D eigenvalue weighted by molar-refractivity contribution is 0.428. The van der Waals surface area contributed by atoms with Gasteiger partial charge in [0.25, 0.3) is 0 Å². The standard InChI is InChI=1S/C11H14BrClN2O2S/c12-9-4-1-5-10(13)11(9)18(16,17)15-8-3-2-6-14-7-8/h1,4-5,8,14-15H,2-3,6-7H2/t8-/m1/s1. The largest absolute Gasteiger partial charge is 0.315 e. The molecule has 0 bridgehead atoms. The molecule has 1 aliphatic rings. The molecule has 2 rings (SSSR count). The third-order valence-electron chi connectivity index (χ3n) is 2.81. The van der Waals surface area contributed by atoms with Crippen molar-refractivity contribution in [1.29, 1.82) is 0 Å². The zero-order valence-electron chi connectivity index (χ0n) is 9.62. The molecule has 1 heterocycles. The average molecular weight is 354 g/mol. The molecule has 4 nitrogen and oxygen atoms in total. The van der Waals surface area contributed by atoms with E-state index in [1.165, 1.54) is 0 Å². The molecule has 2 N–H and O–H groups in total. The van der Waals surface area contributed by atoms with Crippen LogP contribution in [0.4, 0.5) is 0 Å². The molecule has 0 spiro atoms. The van der Waals surface area contributed by atoms with Crippen molar-refractivity contribution in [1.82, 2.24) is 10.0 Å². The van der Waals surface area contributed by atoms with E-state index in [9.17, 15) is 8.42 Å². The van der Waals surface area contributed by atoms with Crippen LogP contribution in [0, 0.1) is 0 Å². The molecule has 1 aliphatic heterocycles. The first-order valence-corrected chi connectivity index (χ1v) is 8.33. The van der Waals surface area contributed by atoms with Crippen molar-refractivity contribution >= 4 is 37.6 Å². The maximum absolute atomic E-state index is 12.3. The molecular formula is C11H14BrClN2O2S. The van der Waals surface area contributed by atoms with Crippen molar-refractivity contribution in [3.05, 3.63) is 27.7 Å². The van der Waals surface area contributed by atoms with Crippen LogP contribution in [0.15, 0.2) is 27.6 Å². The van der Waals surface area contributed by atoms with Gasteiger partial charge in [-0.05, 0) is 47.4 Å². The van der Waals surface area contributed by atoms with Crippen LogP contribution in [0.2, 0.25) is 5.02 Å². The predicted octanol–water partition coefficient (Wildman–Crippen LogP) is 2.13. The van der Waals surface area contributed by atoms with Gasteiger partial charge in [-0.15, -0.1) is 0 Å². The van der Waals surface area contributed by atoms with Gasteiger partial charge in [-0.3, -0.25) is 0 Å². The monoisotopic (exact) mass is 352 g/mol. The Morgan fingerprint density at radius 3 is 2.83 bits per heavy atom. The summed E-state index contributed by atoms with van der Waals surface area (Å²) in [4.78, 5) is 0.109. The molecule has 0 radical (unpaired) electrons. The highest BCUT2D eigenvalue weighted by atomic mass is 79.9. The first kappa shape index (κ1) is 14.3. The SMILES string of the molecule is O=S(=O)(N[C@@H]1CCCNC1)c1c(Cl)cccc1Br. The normalized spacial score (nSPS) is 20.9. The van der Waals surface area contributed by atoms with E-state index in [1.54, 1.807) is 18.2 Å². The summed E-state index contributed by atoms with van der Waals surface area (Å²) in [6.07, 6.45) is 1.81. The highest BCUT2D eigenvalue weighted by molar-refractivity contribution is 9.10. The van der Waals surface area contributed by atoms with Gasteiger partial charge in [0.05, 0.1) is 5.02 Å². The van der Waals surface area contributed by atoms with E-state index in [0.717, 1.165) is 19.4 Å². The fourth-order valence-electron chi connectivity index (χ4n) is 1.97. The molecule has 1 atom stereocenters. The Morgan fingerprint density at radius 2 is 2.22 bits per heavy atom. The molecule has 0 saturated carbocycles. The maximum atomic E-state index is 12.3. The van der Waals surface area contributed by atoms with Gasteiger partial charge >= 0.3 is 0 Å².